The Morgan fingerprint density at radius 3 is 2.89 bits per heavy atom. The zero-order valence-electron chi connectivity index (χ0n) is 5.55. The van der Waals surface area contributed by atoms with E-state index in [1.54, 1.807) is 0 Å². The third kappa shape index (κ3) is 3.73. The molecule has 0 bridgehead atoms. The van der Waals surface area contributed by atoms with Crippen molar-refractivity contribution in [1.82, 2.24) is 5.32 Å². The Kier molecular flexibility index (Phi) is 3.71. The Bertz CT molecular complexity index is 112. The van der Waals surface area contributed by atoms with E-state index in [9.17, 15) is 4.79 Å². The predicted molar refractivity (Wildman–Crippen MR) is 36.9 cm³/mol. The third-order valence-corrected chi connectivity index (χ3v) is 0.928. The van der Waals surface area contributed by atoms with Crippen molar-refractivity contribution in [3.63, 3.8) is 0 Å². The van der Waals surface area contributed by atoms with E-state index in [1.807, 2.05) is 6.92 Å². The second-order valence-corrected chi connectivity index (χ2v) is 1.85. The largest absolute Gasteiger partial charge is 0.349 e. The minimum absolute atomic E-state index is 0.0375. The number of hydrogen-bond donors (Lipinski definition) is 2. The van der Waals surface area contributed by atoms with Gasteiger partial charge in [0.2, 0.25) is 5.91 Å². The molecule has 3 N–H and O–H groups in total. The molecule has 0 radical (unpaired) electrons. The van der Waals surface area contributed by atoms with Crippen LogP contribution < -0.4 is 11.1 Å². The first kappa shape index (κ1) is 8.17. The molecule has 0 aliphatic heterocycles. The van der Waals surface area contributed by atoms with Crippen LogP contribution in [0.4, 0.5) is 0 Å². The molecular formula is C6H12N2O. The van der Waals surface area contributed by atoms with E-state index < -0.39 is 0 Å². The Morgan fingerprint density at radius 1 is 2.00 bits per heavy atom. The summed E-state index contributed by atoms with van der Waals surface area (Å²) in [6, 6.07) is 0.0375. The quantitative estimate of drug-likeness (QED) is 0.510. The SMILES string of the molecule is C=CC(=O)N[C@H](C)CN. The highest BCUT2D eigenvalue weighted by Crippen LogP contribution is 1.75. The van der Waals surface area contributed by atoms with Crippen LogP contribution in [0.15, 0.2) is 12.7 Å². The van der Waals surface area contributed by atoms with E-state index in [1.165, 1.54) is 6.08 Å². The topological polar surface area (TPSA) is 55.1 Å². The van der Waals surface area contributed by atoms with Crippen LogP contribution >= 0.6 is 0 Å². The van der Waals surface area contributed by atoms with Gasteiger partial charge >= 0.3 is 0 Å². The summed E-state index contributed by atoms with van der Waals surface area (Å²) in [5.74, 6) is -0.173. The van der Waals surface area contributed by atoms with Gasteiger partial charge in [-0.3, -0.25) is 4.79 Å². The van der Waals surface area contributed by atoms with Crippen molar-refractivity contribution in [3.05, 3.63) is 12.7 Å². The molecule has 0 spiro atoms. The first-order valence-electron chi connectivity index (χ1n) is 2.83. The molecule has 0 aromatic rings. The minimum Gasteiger partial charge on any atom is -0.349 e. The summed E-state index contributed by atoms with van der Waals surface area (Å²) >= 11 is 0. The summed E-state index contributed by atoms with van der Waals surface area (Å²) in [6.45, 7) is 5.59. The van der Waals surface area contributed by atoms with Gasteiger partial charge in [0.1, 0.15) is 0 Å². The molecule has 0 fully saturated rings. The van der Waals surface area contributed by atoms with Crippen molar-refractivity contribution >= 4 is 5.91 Å². The van der Waals surface area contributed by atoms with Crippen molar-refractivity contribution in [2.45, 2.75) is 13.0 Å². The Morgan fingerprint density at radius 2 is 2.56 bits per heavy atom. The minimum atomic E-state index is -0.173. The van der Waals surface area contributed by atoms with E-state index in [4.69, 9.17) is 5.73 Å². The van der Waals surface area contributed by atoms with Gasteiger partial charge in [-0.2, -0.15) is 0 Å². The van der Waals surface area contributed by atoms with Crippen LogP contribution in [0.1, 0.15) is 6.92 Å². The van der Waals surface area contributed by atoms with E-state index in [2.05, 4.69) is 11.9 Å². The van der Waals surface area contributed by atoms with Crippen LogP contribution in [-0.2, 0) is 4.79 Å². The van der Waals surface area contributed by atoms with Gasteiger partial charge in [0.15, 0.2) is 0 Å². The predicted octanol–water partition coefficient (Wildman–Crippen LogP) is -0.364. The summed E-state index contributed by atoms with van der Waals surface area (Å²) in [5.41, 5.74) is 5.23. The highest BCUT2D eigenvalue weighted by Gasteiger charge is 1.98. The molecule has 3 heteroatoms. The zero-order valence-corrected chi connectivity index (χ0v) is 5.55. The van der Waals surface area contributed by atoms with Crippen LogP contribution in [0.3, 0.4) is 0 Å². The number of nitrogens with two attached hydrogens (primary N) is 1. The lowest BCUT2D eigenvalue weighted by Gasteiger charge is -2.07. The van der Waals surface area contributed by atoms with E-state index in [0.29, 0.717) is 6.54 Å². The standard InChI is InChI=1S/C6H12N2O/c1-3-6(9)8-5(2)4-7/h3,5H,1,4,7H2,2H3,(H,8,9)/t5-/m1/s1. The molecule has 0 saturated carbocycles. The molecular weight excluding hydrogens is 116 g/mol. The number of rotatable bonds is 3. The lowest BCUT2D eigenvalue weighted by molar-refractivity contribution is -0.117. The number of carbonyl (C=O) groups excluding carboxylic acids is 1. The molecule has 0 aromatic heterocycles. The zero-order chi connectivity index (χ0) is 7.28. The molecule has 0 aromatic carbocycles. The number of nitrogens with one attached hydrogen (secondary N) is 1. The van der Waals surface area contributed by atoms with E-state index >= 15 is 0 Å². The van der Waals surface area contributed by atoms with Crippen molar-refractivity contribution in [2.75, 3.05) is 6.54 Å². The van der Waals surface area contributed by atoms with Gasteiger partial charge in [0.25, 0.3) is 0 Å². The lowest BCUT2D eigenvalue weighted by Crippen LogP contribution is -2.36. The molecule has 0 unspecified atom stereocenters. The monoisotopic (exact) mass is 128 g/mol. The Hall–Kier alpha value is -0.830. The smallest absolute Gasteiger partial charge is 0.243 e. The van der Waals surface area contributed by atoms with Gasteiger partial charge in [0.05, 0.1) is 0 Å². The molecule has 0 aliphatic rings. The van der Waals surface area contributed by atoms with Gasteiger partial charge in [-0.15, -0.1) is 0 Å². The molecule has 0 rings (SSSR count). The van der Waals surface area contributed by atoms with Crippen LogP contribution in [0.25, 0.3) is 0 Å². The van der Waals surface area contributed by atoms with Gasteiger partial charge in [-0.05, 0) is 13.0 Å². The number of amides is 1. The van der Waals surface area contributed by atoms with Crippen LogP contribution in [0, 0.1) is 0 Å². The van der Waals surface area contributed by atoms with Gasteiger partial charge in [0, 0.05) is 12.6 Å². The maximum absolute atomic E-state index is 10.5. The average Bonchev–Trinajstić information content (AvgIpc) is 1.87. The lowest BCUT2D eigenvalue weighted by atomic mass is 10.3. The normalized spacial score (nSPS) is 12.2. The van der Waals surface area contributed by atoms with E-state index in [-0.39, 0.29) is 11.9 Å². The summed E-state index contributed by atoms with van der Waals surface area (Å²) in [4.78, 5) is 10.5. The summed E-state index contributed by atoms with van der Waals surface area (Å²) in [5, 5.41) is 2.60. The first-order valence-corrected chi connectivity index (χ1v) is 2.83. The first-order chi connectivity index (χ1) is 4.20. The van der Waals surface area contributed by atoms with Crippen LogP contribution in [0.5, 0.6) is 0 Å². The molecule has 1 amide bonds. The maximum Gasteiger partial charge on any atom is 0.243 e. The van der Waals surface area contributed by atoms with Gasteiger partial charge in [-0.1, -0.05) is 6.58 Å². The molecule has 9 heavy (non-hydrogen) atoms. The van der Waals surface area contributed by atoms with Crippen molar-refractivity contribution in [3.8, 4) is 0 Å². The van der Waals surface area contributed by atoms with Crippen molar-refractivity contribution < 1.29 is 4.79 Å². The maximum atomic E-state index is 10.5. The van der Waals surface area contributed by atoms with Crippen LogP contribution in [0.2, 0.25) is 0 Å². The second-order valence-electron chi connectivity index (χ2n) is 1.85. The molecule has 0 saturated heterocycles. The highest BCUT2D eigenvalue weighted by molar-refractivity contribution is 5.87. The van der Waals surface area contributed by atoms with Gasteiger partial charge in [-0.25, -0.2) is 0 Å². The number of hydrogen-bond acceptors (Lipinski definition) is 2. The van der Waals surface area contributed by atoms with Crippen molar-refractivity contribution in [1.29, 1.82) is 0 Å². The molecule has 0 heterocycles. The fraction of sp³-hybridized carbons (Fsp3) is 0.500. The van der Waals surface area contributed by atoms with E-state index in [0.717, 1.165) is 0 Å². The summed E-state index contributed by atoms with van der Waals surface area (Å²) in [7, 11) is 0. The fourth-order valence-corrected chi connectivity index (χ4v) is 0.361. The van der Waals surface area contributed by atoms with Gasteiger partial charge < -0.3 is 11.1 Å². The summed E-state index contributed by atoms with van der Waals surface area (Å²) in [6.07, 6.45) is 1.23. The Labute approximate surface area is 54.9 Å². The number of carbonyl (C=O) groups is 1. The average molecular weight is 128 g/mol. The molecule has 0 aliphatic carbocycles. The fourth-order valence-electron chi connectivity index (χ4n) is 0.361. The molecule has 3 nitrogen and oxygen atoms in total. The van der Waals surface area contributed by atoms with Crippen LogP contribution in [-0.4, -0.2) is 18.5 Å². The molecule has 52 valence electrons. The Balaban J connectivity index is 3.46. The van der Waals surface area contributed by atoms with Crippen molar-refractivity contribution in [2.24, 2.45) is 5.73 Å². The molecule has 1 atom stereocenters. The highest BCUT2D eigenvalue weighted by atomic mass is 16.1. The second kappa shape index (κ2) is 4.09. The third-order valence-electron chi connectivity index (χ3n) is 0.928. The summed E-state index contributed by atoms with van der Waals surface area (Å²) < 4.78 is 0.